The highest BCUT2D eigenvalue weighted by molar-refractivity contribution is 5.25. The van der Waals surface area contributed by atoms with Crippen molar-refractivity contribution in [3.63, 3.8) is 0 Å². The molecule has 0 unspecified atom stereocenters. The lowest BCUT2D eigenvalue weighted by Gasteiger charge is -2.26. The Morgan fingerprint density at radius 2 is 2.00 bits per heavy atom. The van der Waals surface area contributed by atoms with E-state index in [1.165, 1.54) is 0 Å². The van der Waals surface area contributed by atoms with Gasteiger partial charge < -0.3 is 19.4 Å². The van der Waals surface area contributed by atoms with E-state index in [0.29, 0.717) is 37.0 Å². The molecular formula is C13H26N4O2. The Hall–Kier alpha value is -1.14. The van der Waals surface area contributed by atoms with Crippen LogP contribution in [0.15, 0.2) is 4.42 Å². The van der Waals surface area contributed by atoms with Crippen LogP contribution in [-0.4, -0.2) is 43.0 Å². The van der Waals surface area contributed by atoms with Gasteiger partial charge in [-0.15, -0.1) is 5.10 Å². The lowest BCUT2D eigenvalue weighted by atomic mass is 10.2. The second-order valence-electron chi connectivity index (χ2n) is 5.29. The van der Waals surface area contributed by atoms with E-state index in [0.717, 1.165) is 13.1 Å². The number of rotatable bonds is 9. The molecule has 1 heterocycles. The molecule has 6 nitrogen and oxygen atoms in total. The molecule has 0 spiro atoms. The Bertz CT molecular complexity index is 352. The molecule has 1 rings (SSSR count). The molecule has 0 aliphatic heterocycles. The summed E-state index contributed by atoms with van der Waals surface area (Å²) in [5.74, 6) is 1.16. The minimum absolute atomic E-state index is 0.345. The number of hydrogen-bond donors (Lipinski definition) is 1. The minimum atomic E-state index is 0.345. The summed E-state index contributed by atoms with van der Waals surface area (Å²) in [5.41, 5.74) is 0. The first-order valence-electron chi connectivity index (χ1n) is 6.83. The SMILES string of the molecule is COCCNCc1nnc(N(CC(C)C)C(C)C)o1. The molecule has 0 saturated heterocycles. The van der Waals surface area contributed by atoms with E-state index >= 15 is 0 Å². The highest BCUT2D eigenvalue weighted by atomic mass is 16.5. The summed E-state index contributed by atoms with van der Waals surface area (Å²) in [4.78, 5) is 2.14. The van der Waals surface area contributed by atoms with Crippen molar-refractivity contribution < 1.29 is 9.15 Å². The van der Waals surface area contributed by atoms with Gasteiger partial charge in [-0.05, 0) is 19.8 Å². The quantitative estimate of drug-likeness (QED) is 0.689. The van der Waals surface area contributed by atoms with Gasteiger partial charge in [0, 0.05) is 26.2 Å². The van der Waals surface area contributed by atoms with Crippen molar-refractivity contribution >= 4 is 6.01 Å². The van der Waals surface area contributed by atoms with Crippen LogP contribution in [0.5, 0.6) is 0 Å². The van der Waals surface area contributed by atoms with Gasteiger partial charge in [0.05, 0.1) is 13.2 Å². The van der Waals surface area contributed by atoms with Crippen molar-refractivity contribution in [1.82, 2.24) is 15.5 Å². The molecule has 1 N–H and O–H groups in total. The van der Waals surface area contributed by atoms with Crippen molar-refractivity contribution in [3.8, 4) is 0 Å². The second-order valence-corrected chi connectivity index (χ2v) is 5.29. The summed E-state index contributed by atoms with van der Waals surface area (Å²) < 4.78 is 10.6. The van der Waals surface area contributed by atoms with Crippen LogP contribution in [-0.2, 0) is 11.3 Å². The fourth-order valence-electron chi connectivity index (χ4n) is 1.70. The first-order valence-corrected chi connectivity index (χ1v) is 6.83. The van der Waals surface area contributed by atoms with Gasteiger partial charge in [-0.2, -0.15) is 0 Å². The average molecular weight is 270 g/mol. The summed E-state index contributed by atoms with van der Waals surface area (Å²) >= 11 is 0. The zero-order valence-corrected chi connectivity index (χ0v) is 12.6. The third kappa shape index (κ3) is 5.57. The van der Waals surface area contributed by atoms with E-state index in [2.05, 4.69) is 48.1 Å². The van der Waals surface area contributed by atoms with Crippen LogP contribution in [0.25, 0.3) is 0 Å². The van der Waals surface area contributed by atoms with Crippen LogP contribution in [0.3, 0.4) is 0 Å². The molecule has 6 heteroatoms. The Morgan fingerprint density at radius 3 is 2.58 bits per heavy atom. The number of methoxy groups -OCH3 is 1. The van der Waals surface area contributed by atoms with E-state index < -0.39 is 0 Å². The normalized spacial score (nSPS) is 11.5. The predicted octanol–water partition coefficient (Wildman–Crippen LogP) is 1.68. The lowest BCUT2D eigenvalue weighted by molar-refractivity contribution is 0.198. The van der Waals surface area contributed by atoms with Gasteiger partial charge in [0.25, 0.3) is 0 Å². The average Bonchev–Trinajstić information content (AvgIpc) is 2.79. The van der Waals surface area contributed by atoms with Gasteiger partial charge in [-0.3, -0.25) is 0 Å². The molecule has 0 bridgehead atoms. The summed E-state index contributed by atoms with van der Waals surface area (Å²) in [7, 11) is 1.68. The molecule has 0 fully saturated rings. The molecule has 0 amide bonds. The third-order valence-corrected chi connectivity index (χ3v) is 2.65. The predicted molar refractivity (Wildman–Crippen MR) is 75.2 cm³/mol. The molecule has 0 aliphatic rings. The maximum atomic E-state index is 5.69. The zero-order valence-electron chi connectivity index (χ0n) is 12.6. The van der Waals surface area contributed by atoms with Gasteiger partial charge in [0.2, 0.25) is 5.89 Å². The van der Waals surface area contributed by atoms with Crippen LogP contribution in [0.2, 0.25) is 0 Å². The first-order chi connectivity index (χ1) is 9.04. The number of nitrogens with zero attached hydrogens (tertiary/aromatic N) is 3. The second kappa shape index (κ2) is 8.12. The molecule has 0 aliphatic carbocycles. The highest BCUT2D eigenvalue weighted by Crippen LogP contribution is 2.17. The summed E-state index contributed by atoms with van der Waals surface area (Å²) in [5, 5.41) is 11.4. The van der Waals surface area contributed by atoms with Gasteiger partial charge in [-0.25, -0.2) is 0 Å². The van der Waals surface area contributed by atoms with Crippen molar-refractivity contribution in [2.24, 2.45) is 5.92 Å². The number of ether oxygens (including phenoxy) is 1. The Labute approximate surface area is 115 Å². The molecule has 0 radical (unpaired) electrons. The van der Waals surface area contributed by atoms with E-state index in [4.69, 9.17) is 9.15 Å². The van der Waals surface area contributed by atoms with E-state index in [9.17, 15) is 0 Å². The molecule has 0 saturated carbocycles. The molecule has 0 atom stereocenters. The maximum absolute atomic E-state index is 5.69. The fourth-order valence-corrected chi connectivity index (χ4v) is 1.70. The maximum Gasteiger partial charge on any atom is 0.318 e. The Balaban J connectivity index is 2.55. The van der Waals surface area contributed by atoms with Gasteiger partial charge in [-0.1, -0.05) is 18.9 Å². The van der Waals surface area contributed by atoms with Crippen molar-refractivity contribution in [2.45, 2.75) is 40.3 Å². The number of anilines is 1. The first kappa shape index (κ1) is 15.9. The van der Waals surface area contributed by atoms with E-state index in [1.807, 2.05) is 0 Å². The summed E-state index contributed by atoms with van der Waals surface area (Å²) in [6.07, 6.45) is 0. The van der Waals surface area contributed by atoms with Gasteiger partial charge in [0.1, 0.15) is 0 Å². The van der Waals surface area contributed by atoms with Crippen molar-refractivity contribution in [2.75, 3.05) is 31.7 Å². The zero-order chi connectivity index (χ0) is 14.3. The van der Waals surface area contributed by atoms with Crippen LogP contribution >= 0.6 is 0 Å². The van der Waals surface area contributed by atoms with Crippen molar-refractivity contribution in [3.05, 3.63) is 5.89 Å². The van der Waals surface area contributed by atoms with Crippen LogP contribution in [0, 0.1) is 5.92 Å². The van der Waals surface area contributed by atoms with E-state index in [1.54, 1.807) is 7.11 Å². The standard InChI is InChI=1S/C13H26N4O2/c1-10(2)9-17(11(3)4)13-16-15-12(19-13)8-14-6-7-18-5/h10-11,14H,6-9H2,1-5H3. The van der Waals surface area contributed by atoms with Crippen LogP contribution < -0.4 is 10.2 Å². The largest absolute Gasteiger partial charge is 0.407 e. The molecule has 1 aromatic heterocycles. The number of hydrogen-bond acceptors (Lipinski definition) is 6. The fraction of sp³-hybridized carbons (Fsp3) is 0.846. The van der Waals surface area contributed by atoms with Crippen LogP contribution in [0.4, 0.5) is 6.01 Å². The molecule has 110 valence electrons. The Morgan fingerprint density at radius 1 is 1.26 bits per heavy atom. The highest BCUT2D eigenvalue weighted by Gasteiger charge is 2.18. The summed E-state index contributed by atoms with van der Waals surface area (Å²) in [6.45, 7) is 11.5. The van der Waals surface area contributed by atoms with E-state index in [-0.39, 0.29) is 0 Å². The smallest absolute Gasteiger partial charge is 0.318 e. The van der Waals surface area contributed by atoms with Crippen LogP contribution in [0.1, 0.15) is 33.6 Å². The lowest BCUT2D eigenvalue weighted by Crippen LogP contribution is -2.34. The molecule has 1 aromatic rings. The molecule has 19 heavy (non-hydrogen) atoms. The van der Waals surface area contributed by atoms with Gasteiger partial charge in [0.15, 0.2) is 0 Å². The molecular weight excluding hydrogens is 244 g/mol. The third-order valence-electron chi connectivity index (χ3n) is 2.65. The minimum Gasteiger partial charge on any atom is -0.407 e. The summed E-state index contributed by atoms with van der Waals surface area (Å²) in [6, 6.07) is 0.949. The molecule has 0 aromatic carbocycles. The van der Waals surface area contributed by atoms with Crippen molar-refractivity contribution in [1.29, 1.82) is 0 Å². The number of nitrogens with one attached hydrogen (secondary N) is 1. The monoisotopic (exact) mass is 270 g/mol. The van der Waals surface area contributed by atoms with Gasteiger partial charge >= 0.3 is 6.01 Å². The topological polar surface area (TPSA) is 63.4 Å². The Kier molecular flexibility index (Phi) is 6.80. The number of aromatic nitrogens is 2.